The van der Waals surface area contributed by atoms with Crippen molar-refractivity contribution in [1.82, 2.24) is 20.9 Å². The van der Waals surface area contributed by atoms with Gasteiger partial charge in [-0.15, -0.1) is 0 Å². The lowest BCUT2D eigenvalue weighted by molar-refractivity contribution is -0.124. The molecule has 8 nitrogen and oxygen atoms in total. The molecular formula is C26H27N5O3. The Hall–Kier alpha value is -3.70. The van der Waals surface area contributed by atoms with Gasteiger partial charge in [0.15, 0.2) is 0 Å². The summed E-state index contributed by atoms with van der Waals surface area (Å²) in [6.45, 7) is 0. The maximum Gasteiger partial charge on any atom is 0.256 e. The van der Waals surface area contributed by atoms with Gasteiger partial charge in [0.1, 0.15) is 6.04 Å². The highest BCUT2D eigenvalue weighted by molar-refractivity contribution is 6.05. The minimum Gasteiger partial charge on any atom is -0.359 e. The Balaban J connectivity index is 1.39. The van der Waals surface area contributed by atoms with Crippen LogP contribution in [0.2, 0.25) is 0 Å². The topological polar surface area (TPSA) is 127 Å². The number of rotatable bonds is 6. The maximum atomic E-state index is 12.8. The summed E-state index contributed by atoms with van der Waals surface area (Å²) in [6.07, 6.45) is 3.77. The molecule has 1 aliphatic heterocycles. The van der Waals surface area contributed by atoms with Crippen LogP contribution in [0.1, 0.15) is 30.4 Å². The highest BCUT2D eigenvalue weighted by atomic mass is 16.2. The predicted molar refractivity (Wildman–Crippen MR) is 129 cm³/mol. The van der Waals surface area contributed by atoms with E-state index in [1.807, 2.05) is 30.3 Å². The fourth-order valence-corrected chi connectivity index (χ4v) is 5.41. The second-order valence-electron chi connectivity index (χ2n) is 9.37. The van der Waals surface area contributed by atoms with Crippen LogP contribution in [0, 0.1) is 17.2 Å². The van der Waals surface area contributed by atoms with Crippen molar-refractivity contribution < 1.29 is 9.59 Å². The smallest absolute Gasteiger partial charge is 0.256 e. The SMILES string of the molecule is CNC(=O)Cc1ccc2[nH]c(=O)c3cc(CC(C#N)NC(=O)[C@H]4N[C@@H]5CC[C@H]4C5)ccc3c2c1. The Morgan fingerprint density at radius 3 is 2.62 bits per heavy atom. The van der Waals surface area contributed by atoms with Gasteiger partial charge < -0.3 is 20.9 Å². The zero-order valence-electron chi connectivity index (χ0n) is 19.0. The van der Waals surface area contributed by atoms with Crippen LogP contribution in [0.3, 0.4) is 0 Å². The van der Waals surface area contributed by atoms with E-state index in [-0.39, 0.29) is 29.8 Å². The summed E-state index contributed by atoms with van der Waals surface area (Å²) < 4.78 is 0. The van der Waals surface area contributed by atoms with Crippen molar-refractivity contribution in [1.29, 1.82) is 5.26 Å². The highest BCUT2D eigenvalue weighted by Crippen LogP contribution is 2.35. The summed E-state index contributed by atoms with van der Waals surface area (Å²) >= 11 is 0. The number of fused-ring (bicyclic) bond motifs is 5. The molecule has 4 N–H and O–H groups in total. The second kappa shape index (κ2) is 8.92. The number of nitriles is 1. The molecule has 1 unspecified atom stereocenters. The van der Waals surface area contributed by atoms with E-state index in [0.717, 1.165) is 41.2 Å². The molecule has 2 aromatic carbocycles. The summed E-state index contributed by atoms with van der Waals surface area (Å²) in [7, 11) is 1.60. The van der Waals surface area contributed by atoms with E-state index in [9.17, 15) is 19.6 Å². The van der Waals surface area contributed by atoms with E-state index in [1.54, 1.807) is 13.1 Å². The van der Waals surface area contributed by atoms with Crippen molar-refractivity contribution in [3.05, 3.63) is 57.9 Å². The van der Waals surface area contributed by atoms with E-state index < -0.39 is 6.04 Å². The van der Waals surface area contributed by atoms with Crippen LogP contribution in [0.25, 0.3) is 21.7 Å². The molecule has 34 heavy (non-hydrogen) atoms. The molecule has 1 aromatic heterocycles. The fourth-order valence-electron chi connectivity index (χ4n) is 5.41. The molecule has 2 fully saturated rings. The molecule has 2 aliphatic rings. The summed E-state index contributed by atoms with van der Waals surface area (Å²) in [5.74, 6) is 0.151. The molecule has 2 bridgehead atoms. The number of pyridine rings is 1. The van der Waals surface area contributed by atoms with Crippen molar-refractivity contribution in [2.75, 3.05) is 7.05 Å². The number of carbonyl (C=O) groups is 2. The number of benzene rings is 2. The number of H-pyrrole nitrogens is 1. The quantitative estimate of drug-likeness (QED) is 0.419. The molecule has 0 radical (unpaired) electrons. The Bertz CT molecular complexity index is 1390. The first-order valence-corrected chi connectivity index (χ1v) is 11.7. The number of likely N-dealkylation sites (N-methyl/N-ethyl adjacent to an activating group) is 1. The Labute approximate surface area is 196 Å². The van der Waals surface area contributed by atoms with Crippen LogP contribution in [-0.4, -0.2) is 42.0 Å². The molecule has 0 spiro atoms. The van der Waals surface area contributed by atoms with Crippen LogP contribution in [-0.2, 0) is 22.4 Å². The third-order valence-electron chi connectivity index (χ3n) is 7.15. The molecule has 1 saturated carbocycles. The monoisotopic (exact) mass is 457 g/mol. The molecule has 8 heteroatoms. The van der Waals surface area contributed by atoms with Gasteiger partial charge in [-0.25, -0.2) is 0 Å². The van der Waals surface area contributed by atoms with Crippen molar-refractivity contribution in [3.8, 4) is 6.07 Å². The number of hydrogen-bond donors (Lipinski definition) is 4. The molecule has 2 heterocycles. The average molecular weight is 458 g/mol. The van der Waals surface area contributed by atoms with Gasteiger partial charge in [-0.05, 0) is 59.9 Å². The molecule has 4 atom stereocenters. The zero-order valence-corrected chi connectivity index (χ0v) is 19.0. The summed E-state index contributed by atoms with van der Waals surface area (Å²) in [5, 5.41) is 20.7. The first-order valence-electron chi connectivity index (χ1n) is 11.7. The number of hydrogen-bond acceptors (Lipinski definition) is 5. The van der Waals surface area contributed by atoms with Gasteiger partial charge in [-0.2, -0.15) is 5.26 Å². The van der Waals surface area contributed by atoms with E-state index in [0.29, 0.717) is 29.3 Å². The first kappa shape index (κ1) is 22.1. The van der Waals surface area contributed by atoms with Gasteiger partial charge >= 0.3 is 0 Å². The highest BCUT2D eigenvalue weighted by Gasteiger charge is 2.43. The molecule has 2 amide bonds. The number of aromatic amines is 1. The molecular weight excluding hydrogens is 430 g/mol. The number of carbonyl (C=O) groups excluding carboxylic acids is 2. The normalized spacial score (nSPS) is 21.9. The standard InChI is InChI=1S/C26H27N5O3/c1-28-23(32)11-15-3-7-22-20(9-15)19-6-2-14(10-21(19)25(33)31-22)8-18(13-27)30-26(34)24-16-4-5-17(12-16)29-24/h2-3,6-7,9-10,16-18,24,29H,4-5,8,11-12H2,1H3,(H,28,32)(H,30,34)(H,31,33)/t16-,17+,18?,24-/m0/s1. The Morgan fingerprint density at radius 1 is 1.12 bits per heavy atom. The molecule has 1 saturated heterocycles. The van der Waals surface area contributed by atoms with Gasteiger partial charge in [0.25, 0.3) is 5.56 Å². The van der Waals surface area contributed by atoms with Gasteiger partial charge in [0.05, 0.1) is 18.5 Å². The number of amides is 2. The number of nitrogens with one attached hydrogen (secondary N) is 4. The van der Waals surface area contributed by atoms with Gasteiger partial charge in [0, 0.05) is 35.8 Å². The van der Waals surface area contributed by atoms with Crippen LogP contribution < -0.4 is 21.5 Å². The van der Waals surface area contributed by atoms with Gasteiger partial charge in [-0.3, -0.25) is 14.4 Å². The van der Waals surface area contributed by atoms with E-state index in [1.165, 1.54) is 0 Å². The third kappa shape index (κ3) is 4.15. The summed E-state index contributed by atoms with van der Waals surface area (Å²) in [4.78, 5) is 40.2. The van der Waals surface area contributed by atoms with Gasteiger partial charge in [-0.1, -0.05) is 18.2 Å². The predicted octanol–water partition coefficient (Wildman–Crippen LogP) is 1.66. The van der Waals surface area contributed by atoms with E-state index in [2.05, 4.69) is 27.0 Å². The van der Waals surface area contributed by atoms with Crippen molar-refractivity contribution >= 4 is 33.5 Å². The lowest BCUT2D eigenvalue weighted by atomic mass is 9.97. The summed E-state index contributed by atoms with van der Waals surface area (Å²) in [5.41, 5.74) is 2.14. The molecule has 1 aliphatic carbocycles. The van der Waals surface area contributed by atoms with Crippen LogP contribution in [0.4, 0.5) is 0 Å². The minimum atomic E-state index is -0.676. The fraction of sp³-hybridized carbons (Fsp3) is 0.385. The Morgan fingerprint density at radius 2 is 1.91 bits per heavy atom. The van der Waals surface area contributed by atoms with E-state index >= 15 is 0 Å². The molecule has 3 aromatic rings. The van der Waals surface area contributed by atoms with Crippen LogP contribution in [0.5, 0.6) is 0 Å². The minimum absolute atomic E-state index is 0.0828. The molecule has 5 rings (SSSR count). The van der Waals surface area contributed by atoms with Crippen LogP contribution >= 0.6 is 0 Å². The lowest BCUT2D eigenvalue weighted by Gasteiger charge is -2.23. The van der Waals surface area contributed by atoms with Crippen molar-refractivity contribution in [3.63, 3.8) is 0 Å². The average Bonchev–Trinajstić information content (AvgIpc) is 3.48. The van der Waals surface area contributed by atoms with Gasteiger partial charge in [0.2, 0.25) is 11.8 Å². The molecule has 174 valence electrons. The maximum absolute atomic E-state index is 12.8. The largest absolute Gasteiger partial charge is 0.359 e. The number of aromatic nitrogens is 1. The second-order valence-corrected chi connectivity index (χ2v) is 9.37. The third-order valence-corrected chi connectivity index (χ3v) is 7.15. The van der Waals surface area contributed by atoms with Crippen LogP contribution in [0.15, 0.2) is 41.2 Å². The van der Waals surface area contributed by atoms with Crippen molar-refractivity contribution in [2.24, 2.45) is 5.92 Å². The van der Waals surface area contributed by atoms with E-state index in [4.69, 9.17) is 0 Å². The number of nitrogens with zero attached hydrogens (tertiary/aromatic N) is 1. The number of piperidine rings is 1. The summed E-state index contributed by atoms with van der Waals surface area (Å²) in [6, 6.07) is 12.8. The zero-order chi connectivity index (χ0) is 23.8. The van der Waals surface area contributed by atoms with Crippen molar-refractivity contribution in [2.45, 2.75) is 50.2 Å². The first-order chi connectivity index (χ1) is 16.4. The lowest BCUT2D eigenvalue weighted by Crippen LogP contribution is -2.50. The Kier molecular flexibility index (Phi) is 5.80.